The van der Waals surface area contributed by atoms with Crippen LogP contribution in [-0.2, 0) is 4.79 Å². The molecule has 84 valence electrons. The van der Waals surface area contributed by atoms with Crippen LogP contribution < -0.4 is 0 Å². The number of fused-ring (bicyclic) bond motifs is 1. The van der Waals surface area contributed by atoms with Gasteiger partial charge in [-0.25, -0.2) is 0 Å². The van der Waals surface area contributed by atoms with Gasteiger partial charge in [0.2, 0.25) is 0 Å². The molecule has 2 aliphatic carbocycles. The summed E-state index contributed by atoms with van der Waals surface area (Å²) in [4.78, 5) is 11.5. The standard InChI is InChI=1S/C14H22O/c1-9-7-12-8-13(15)5-6-14(12,4)11(3)10(9)2/h8-11H,5-7H2,1-4H3/t9-,10?,11?,14+/m0/s1. The molecule has 2 unspecified atom stereocenters. The third-order valence-corrected chi connectivity index (χ3v) is 5.19. The average Bonchev–Trinajstić information content (AvgIpc) is 2.19. The van der Waals surface area contributed by atoms with Crippen LogP contribution in [0.25, 0.3) is 0 Å². The molecule has 0 aromatic rings. The molecular formula is C14H22O. The molecule has 0 radical (unpaired) electrons. The molecule has 0 aliphatic heterocycles. The molecule has 1 saturated carbocycles. The number of hydrogen-bond acceptors (Lipinski definition) is 1. The van der Waals surface area contributed by atoms with Crippen LogP contribution in [-0.4, -0.2) is 5.78 Å². The highest BCUT2D eigenvalue weighted by atomic mass is 16.1. The normalized spacial score (nSPS) is 46.0. The van der Waals surface area contributed by atoms with Gasteiger partial charge in [-0.2, -0.15) is 0 Å². The molecule has 0 N–H and O–H groups in total. The molecule has 1 heteroatoms. The monoisotopic (exact) mass is 206 g/mol. The smallest absolute Gasteiger partial charge is 0.155 e. The van der Waals surface area contributed by atoms with Crippen molar-refractivity contribution in [1.82, 2.24) is 0 Å². The molecule has 0 heterocycles. The molecule has 0 saturated heterocycles. The predicted octanol–water partition coefficient (Wildman–Crippen LogP) is 3.59. The highest BCUT2D eigenvalue weighted by Crippen LogP contribution is 2.53. The van der Waals surface area contributed by atoms with Crippen molar-refractivity contribution >= 4 is 5.78 Å². The predicted molar refractivity (Wildman–Crippen MR) is 62.5 cm³/mol. The van der Waals surface area contributed by atoms with Crippen LogP contribution in [0.15, 0.2) is 11.6 Å². The minimum absolute atomic E-state index is 0.305. The lowest BCUT2D eigenvalue weighted by Gasteiger charge is -2.50. The van der Waals surface area contributed by atoms with Crippen LogP contribution in [0.4, 0.5) is 0 Å². The average molecular weight is 206 g/mol. The summed E-state index contributed by atoms with van der Waals surface area (Å²) in [5.41, 5.74) is 1.73. The quantitative estimate of drug-likeness (QED) is 0.592. The van der Waals surface area contributed by atoms with Crippen molar-refractivity contribution in [1.29, 1.82) is 0 Å². The maximum absolute atomic E-state index is 11.5. The molecule has 2 rings (SSSR count). The van der Waals surface area contributed by atoms with Gasteiger partial charge in [0.15, 0.2) is 5.78 Å². The van der Waals surface area contributed by atoms with Gasteiger partial charge in [0.05, 0.1) is 0 Å². The first-order chi connectivity index (χ1) is 6.95. The zero-order chi connectivity index (χ0) is 11.2. The Labute approximate surface area is 92.9 Å². The van der Waals surface area contributed by atoms with E-state index < -0.39 is 0 Å². The van der Waals surface area contributed by atoms with E-state index in [1.165, 1.54) is 5.57 Å². The summed E-state index contributed by atoms with van der Waals surface area (Å²) in [6.07, 6.45) is 4.90. The third kappa shape index (κ3) is 1.56. The Morgan fingerprint density at radius 2 is 2.00 bits per heavy atom. The first-order valence-corrected chi connectivity index (χ1v) is 6.19. The topological polar surface area (TPSA) is 17.1 Å². The zero-order valence-corrected chi connectivity index (χ0v) is 10.3. The molecule has 0 bridgehead atoms. The van der Waals surface area contributed by atoms with Gasteiger partial charge in [-0.1, -0.05) is 33.3 Å². The van der Waals surface area contributed by atoms with Crippen LogP contribution in [0.2, 0.25) is 0 Å². The number of carbonyl (C=O) groups is 1. The second-order valence-electron chi connectivity index (χ2n) is 5.88. The minimum Gasteiger partial charge on any atom is -0.295 e. The molecule has 4 atom stereocenters. The van der Waals surface area contributed by atoms with Crippen LogP contribution >= 0.6 is 0 Å². The highest BCUT2D eigenvalue weighted by molar-refractivity contribution is 5.91. The molecule has 0 aromatic heterocycles. The molecule has 2 aliphatic rings. The second kappa shape index (κ2) is 3.47. The van der Waals surface area contributed by atoms with Crippen LogP contribution in [0.3, 0.4) is 0 Å². The summed E-state index contributed by atoms with van der Waals surface area (Å²) in [6.45, 7) is 9.41. The summed E-state index contributed by atoms with van der Waals surface area (Å²) in [5.74, 6) is 2.56. The number of carbonyl (C=O) groups excluding carboxylic acids is 1. The Hall–Kier alpha value is -0.590. The molecule has 1 nitrogen and oxygen atoms in total. The van der Waals surface area contributed by atoms with Gasteiger partial charge in [0, 0.05) is 6.42 Å². The van der Waals surface area contributed by atoms with Crippen molar-refractivity contribution < 1.29 is 4.79 Å². The Kier molecular flexibility index (Phi) is 2.52. The summed E-state index contributed by atoms with van der Waals surface area (Å²) < 4.78 is 0. The number of ketones is 1. The maximum Gasteiger partial charge on any atom is 0.155 e. The van der Waals surface area contributed by atoms with Gasteiger partial charge >= 0.3 is 0 Å². The van der Waals surface area contributed by atoms with E-state index in [1.807, 2.05) is 6.08 Å². The van der Waals surface area contributed by atoms with Crippen molar-refractivity contribution in [2.75, 3.05) is 0 Å². The number of hydrogen-bond donors (Lipinski definition) is 0. The van der Waals surface area contributed by atoms with E-state index in [4.69, 9.17) is 0 Å². The van der Waals surface area contributed by atoms with Crippen LogP contribution in [0.1, 0.15) is 47.0 Å². The highest BCUT2D eigenvalue weighted by Gasteiger charge is 2.45. The van der Waals surface area contributed by atoms with E-state index in [1.54, 1.807) is 0 Å². The summed E-state index contributed by atoms with van der Waals surface area (Å²) in [7, 11) is 0. The van der Waals surface area contributed by atoms with Gasteiger partial charge in [-0.3, -0.25) is 4.79 Å². The Morgan fingerprint density at radius 3 is 2.67 bits per heavy atom. The molecule has 0 spiro atoms. The Morgan fingerprint density at radius 1 is 1.33 bits per heavy atom. The van der Waals surface area contributed by atoms with E-state index in [9.17, 15) is 4.79 Å². The summed E-state index contributed by atoms with van der Waals surface area (Å²) >= 11 is 0. The van der Waals surface area contributed by atoms with Crippen molar-refractivity contribution in [2.45, 2.75) is 47.0 Å². The third-order valence-electron chi connectivity index (χ3n) is 5.19. The lowest BCUT2D eigenvalue weighted by Crippen LogP contribution is -2.42. The summed E-state index contributed by atoms with van der Waals surface area (Å²) in [6, 6.07) is 0. The second-order valence-corrected chi connectivity index (χ2v) is 5.88. The molecule has 15 heavy (non-hydrogen) atoms. The van der Waals surface area contributed by atoms with E-state index >= 15 is 0 Å². The molecule has 1 fully saturated rings. The van der Waals surface area contributed by atoms with Crippen molar-refractivity contribution in [2.24, 2.45) is 23.2 Å². The van der Waals surface area contributed by atoms with E-state index in [0.29, 0.717) is 17.1 Å². The maximum atomic E-state index is 11.5. The lowest BCUT2D eigenvalue weighted by atomic mass is 9.55. The van der Waals surface area contributed by atoms with Crippen molar-refractivity contribution in [3.8, 4) is 0 Å². The fourth-order valence-corrected chi connectivity index (χ4v) is 3.39. The van der Waals surface area contributed by atoms with Crippen molar-refractivity contribution in [3.05, 3.63) is 11.6 Å². The van der Waals surface area contributed by atoms with Gasteiger partial charge in [-0.15, -0.1) is 0 Å². The van der Waals surface area contributed by atoms with Gasteiger partial charge < -0.3 is 0 Å². The van der Waals surface area contributed by atoms with E-state index in [-0.39, 0.29) is 0 Å². The van der Waals surface area contributed by atoms with Crippen LogP contribution in [0, 0.1) is 23.2 Å². The van der Waals surface area contributed by atoms with Gasteiger partial charge in [-0.05, 0) is 42.1 Å². The lowest BCUT2D eigenvalue weighted by molar-refractivity contribution is -0.116. The zero-order valence-electron chi connectivity index (χ0n) is 10.3. The first-order valence-electron chi connectivity index (χ1n) is 6.19. The SMILES string of the molecule is CC1C(C)[C@@]2(C)CCC(=O)C=C2C[C@@H]1C. The van der Waals surface area contributed by atoms with Crippen molar-refractivity contribution in [3.63, 3.8) is 0 Å². The largest absolute Gasteiger partial charge is 0.295 e. The fraction of sp³-hybridized carbons (Fsp3) is 0.786. The first kappa shape index (κ1) is 10.9. The minimum atomic E-state index is 0.305. The molecule has 0 amide bonds. The van der Waals surface area contributed by atoms with E-state index in [2.05, 4.69) is 27.7 Å². The number of allylic oxidation sites excluding steroid dienone is 2. The Bertz CT molecular complexity index is 315. The van der Waals surface area contributed by atoms with Gasteiger partial charge in [0.25, 0.3) is 0 Å². The molecule has 0 aromatic carbocycles. The molecular weight excluding hydrogens is 184 g/mol. The Balaban J connectivity index is 2.38. The fourth-order valence-electron chi connectivity index (χ4n) is 3.39. The number of rotatable bonds is 0. The summed E-state index contributed by atoms with van der Waals surface area (Å²) in [5, 5.41) is 0. The van der Waals surface area contributed by atoms with Crippen LogP contribution in [0.5, 0.6) is 0 Å². The van der Waals surface area contributed by atoms with Gasteiger partial charge in [0.1, 0.15) is 0 Å². The van der Waals surface area contributed by atoms with E-state index in [0.717, 1.165) is 31.1 Å².